The number of thiophene rings is 1. The van der Waals surface area contributed by atoms with Gasteiger partial charge in [0.15, 0.2) is 6.61 Å². The third-order valence-corrected chi connectivity index (χ3v) is 5.12. The first kappa shape index (κ1) is 17.1. The first-order valence-electron chi connectivity index (χ1n) is 8.35. The summed E-state index contributed by atoms with van der Waals surface area (Å²) in [5, 5.41) is 17.1. The number of furan rings is 1. The van der Waals surface area contributed by atoms with Crippen LogP contribution in [0.1, 0.15) is 28.7 Å². The molecule has 2 aromatic heterocycles. The average molecular weight is 377 g/mol. The summed E-state index contributed by atoms with van der Waals surface area (Å²) in [6, 6.07) is 16.1. The Labute approximate surface area is 159 Å². The average Bonchev–Trinajstić information content (AvgIpc) is 3.46. The Bertz CT molecular complexity index is 1000. The summed E-state index contributed by atoms with van der Waals surface area (Å²) in [6.45, 7) is -0.211. The molecule has 134 valence electrons. The van der Waals surface area contributed by atoms with Crippen molar-refractivity contribution in [1.29, 1.82) is 5.26 Å². The first-order valence-corrected chi connectivity index (χ1v) is 9.23. The number of carbonyl (C=O) groups is 1. The number of rotatable bonds is 5. The lowest BCUT2D eigenvalue weighted by atomic mass is 10.1. The highest BCUT2D eigenvalue weighted by Gasteiger charge is 2.35. The number of nitrogens with zero attached hydrogens (tertiary/aromatic N) is 3. The van der Waals surface area contributed by atoms with Crippen molar-refractivity contribution in [3.05, 3.63) is 76.4 Å². The van der Waals surface area contributed by atoms with Crippen molar-refractivity contribution in [3.63, 3.8) is 0 Å². The van der Waals surface area contributed by atoms with E-state index >= 15 is 0 Å². The first-order chi connectivity index (χ1) is 13.3. The molecule has 0 N–H and O–H groups in total. The zero-order valence-electron chi connectivity index (χ0n) is 14.2. The van der Waals surface area contributed by atoms with E-state index in [0.717, 1.165) is 10.6 Å². The molecule has 3 heterocycles. The molecular formula is C20H15N3O3S. The number of hydrazone groups is 1. The summed E-state index contributed by atoms with van der Waals surface area (Å²) in [6.07, 6.45) is 2.16. The number of carbonyl (C=O) groups excluding carboxylic acids is 1. The molecule has 1 aromatic carbocycles. The zero-order chi connectivity index (χ0) is 18.6. The van der Waals surface area contributed by atoms with Gasteiger partial charge in [0.25, 0.3) is 5.91 Å². The molecule has 3 aromatic rings. The topological polar surface area (TPSA) is 78.8 Å². The molecule has 1 atom stereocenters. The fourth-order valence-electron chi connectivity index (χ4n) is 2.92. The van der Waals surface area contributed by atoms with Gasteiger partial charge in [-0.15, -0.1) is 11.3 Å². The number of para-hydroxylation sites is 1. The Morgan fingerprint density at radius 3 is 2.93 bits per heavy atom. The largest absolute Gasteiger partial charge is 0.482 e. The van der Waals surface area contributed by atoms with Crippen LogP contribution in [0, 0.1) is 11.3 Å². The number of hydrogen-bond donors (Lipinski definition) is 0. The summed E-state index contributed by atoms with van der Waals surface area (Å²) >= 11 is 1.58. The molecule has 1 aliphatic rings. The Kier molecular flexibility index (Phi) is 4.73. The minimum atomic E-state index is -0.306. The summed E-state index contributed by atoms with van der Waals surface area (Å²) < 4.78 is 11.1. The third-order valence-electron chi connectivity index (χ3n) is 4.20. The minimum absolute atomic E-state index is 0.211. The van der Waals surface area contributed by atoms with Gasteiger partial charge in [0.1, 0.15) is 23.6 Å². The molecule has 0 radical (unpaired) electrons. The summed E-state index contributed by atoms with van der Waals surface area (Å²) in [5.74, 6) is 0.760. The highest BCUT2D eigenvalue weighted by molar-refractivity contribution is 7.12. The number of ether oxygens (including phenoxy) is 1. The van der Waals surface area contributed by atoms with Gasteiger partial charge >= 0.3 is 0 Å². The second-order valence-electron chi connectivity index (χ2n) is 5.89. The van der Waals surface area contributed by atoms with Crippen LogP contribution >= 0.6 is 11.3 Å². The maximum atomic E-state index is 12.8. The number of amides is 1. The SMILES string of the molecule is N#Cc1ccccc1OCC(=O)N1N=C(c2cccs2)CC1c1ccco1. The van der Waals surface area contributed by atoms with E-state index in [2.05, 4.69) is 11.2 Å². The van der Waals surface area contributed by atoms with Crippen molar-refractivity contribution in [2.75, 3.05) is 6.61 Å². The van der Waals surface area contributed by atoms with E-state index in [1.165, 1.54) is 5.01 Å². The van der Waals surface area contributed by atoms with Gasteiger partial charge in [-0.1, -0.05) is 18.2 Å². The van der Waals surface area contributed by atoms with Crippen LogP contribution in [0.15, 0.2) is 69.7 Å². The van der Waals surface area contributed by atoms with Gasteiger partial charge in [-0.05, 0) is 35.7 Å². The van der Waals surface area contributed by atoms with Crippen LogP contribution < -0.4 is 4.74 Å². The van der Waals surface area contributed by atoms with Crippen molar-refractivity contribution in [2.45, 2.75) is 12.5 Å². The van der Waals surface area contributed by atoms with Gasteiger partial charge in [0, 0.05) is 6.42 Å². The molecule has 0 saturated carbocycles. The molecule has 6 nitrogen and oxygen atoms in total. The van der Waals surface area contributed by atoms with Gasteiger partial charge < -0.3 is 9.15 Å². The Hall–Kier alpha value is -3.37. The lowest BCUT2D eigenvalue weighted by molar-refractivity contribution is -0.135. The summed E-state index contributed by atoms with van der Waals surface area (Å²) in [7, 11) is 0. The Balaban J connectivity index is 1.55. The fraction of sp³-hybridized carbons (Fsp3) is 0.150. The van der Waals surface area contributed by atoms with Crippen LogP contribution in [-0.4, -0.2) is 23.2 Å². The van der Waals surface area contributed by atoms with Crippen molar-refractivity contribution >= 4 is 23.0 Å². The second kappa shape index (κ2) is 7.48. The van der Waals surface area contributed by atoms with Crippen molar-refractivity contribution < 1.29 is 13.9 Å². The molecule has 1 aliphatic heterocycles. The van der Waals surface area contributed by atoms with E-state index in [0.29, 0.717) is 23.5 Å². The van der Waals surface area contributed by atoms with Crippen molar-refractivity contribution in [1.82, 2.24) is 5.01 Å². The van der Waals surface area contributed by atoms with E-state index in [1.807, 2.05) is 23.6 Å². The van der Waals surface area contributed by atoms with Crippen LogP contribution in [0.25, 0.3) is 0 Å². The van der Waals surface area contributed by atoms with Gasteiger partial charge in [-0.2, -0.15) is 10.4 Å². The van der Waals surface area contributed by atoms with Gasteiger partial charge in [0.05, 0.1) is 22.4 Å². The number of benzene rings is 1. The Morgan fingerprint density at radius 1 is 1.30 bits per heavy atom. The molecule has 0 saturated heterocycles. The van der Waals surface area contributed by atoms with Crippen LogP contribution in [-0.2, 0) is 4.79 Å². The normalized spacial score (nSPS) is 16.0. The molecule has 0 bridgehead atoms. The van der Waals surface area contributed by atoms with Gasteiger partial charge in [-0.25, -0.2) is 5.01 Å². The summed E-state index contributed by atoms with van der Waals surface area (Å²) in [5.41, 5.74) is 1.23. The number of hydrogen-bond acceptors (Lipinski definition) is 6. The molecule has 7 heteroatoms. The molecule has 1 unspecified atom stereocenters. The maximum Gasteiger partial charge on any atom is 0.281 e. The predicted octanol–water partition coefficient (Wildman–Crippen LogP) is 3.97. The monoisotopic (exact) mass is 377 g/mol. The third kappa shape index (κ3) is 3.48. The van der Waals surface area contributed by atoms with Crippen LogP contribution in [0.3, 0.4) is 0 Å². The fourth-order valence-corrected chi connectivity index (χ4v) is 3.65. The minimum Gasteiger partial charge on any atom is -0.482 e. The van der Waals surface area contributed by atoms with Crippen LogP contribution in [0.5, 0.6) is 5.75 Å². The van der Waals surface area contributed by atoms with Gasteiger partial charge in [0.2, 0.25) is 0 Å². The van der Waals surface area contributed by atoms with E-state index in [-0.39, 0.29) is 18.6 Å². The Morgan fingerprint density at radius 2 is 2.19 bits per heavy atom. The van der Waals surface area contributed by atoms with E-state index in [1.54, 1.807) is 47.9 Å². The summed E-state index contributed by atoms with van der Waals surface area (Å²) in [4.78, 5) is 13.8. The standard InChI is InChI=1S/C20H15N3O3S/c21-12-14-5-1-2-6-17(14)26-13-20(24)23-16(18-7-3-9-25-18)11-15(22-23)19-8-4-10-27-19/h1-10,16H,11,13H2. The van der Waals surface area contributed by atoms with E-state index in [9.17, 15) is 4.79 Å². The number of nitriles is 1. The molecular weight excluding hydrogens is 362 g/mol. The van der Waals surface area contributed by atoms with Crippen LogP contribution in [0.2, 0.25) is 0 Å². The second-order valence-corrected chi connectivity index (χ2v) is 6.84. The highest BCUT2D eigenvalue weighted by Crippen LogP contribution is 2.34. The molecule has 1 amide bonds. The lowest BCUT2D eigenvalue weighted by Gasteiger charge is -2.20. The molecule has 0 aliphatic carbocycles. The van der Waals surface area contributed by atoms with Crippen molar-refractivity contribution in [2.24, 2.45) is 5.10 Å². The quantitative estimate of drug-likeness (QED) is 0.674. The van der Waals surface area contributed by atoms with Crippen LogP contribution in [0.4, 0.5) is 0 Å². The smallest absolute Gasteiger partial charge is 0.281 e. The molecule has 4 rings (SSSR count). The molecule has 0 fully saturated rings. The van der Waals surface area contributed by atoms with E-state index < -0.39 is 0 Å². The lowest BCUT2D eigenvalue weighted by Crippen LogP contribution is -2.31. The molecule has 0 spiro atoms. The van der Waals surface area contributed by atoms with Crippen molar-refractivity contribution in [3.8, 4) is 11.8 Å². The van der Waals surface area contributed by atoms with Gasteiger partial charge in [-0.3, -0.25) is 4.79 Å². The van der Waals surface area contributed by atoms with E-state index in [4.69, 9.17) is 14.4 Å². The predicted molar refractivity (Wildman–Crippen MR) is 100 cm³/mol. The molecule has 27 heavy (non-hydrogen) atoms. The highest BCUT2D eigenvalue weighted by atomic mass is 32.1. The maximum absolute atomic E-state index is 12.8. The zero-order valence-corrected chi connectivity index (χ0v) is 15.1.